The lowest BCUT2D eigenvalue weighted by molar-refractivity contribution is -0.144. The second-order valence-electron chi connectivity index (χ2n) is 5.76. The topological polar surface area (TPSA) is 92.8 Å². The summed E-state index contributed by atoms with van der Waals surface area (Å²) in [5, 5.41) is 3.15. The Morgan fingerprint density at radius 1 is 1.07 bits per heavy atom. The lowest BCUT2D eigenvalue weighted by Crippen LogP contribution is -2.23. The minimum atomic E-state index is -3.53. The number of carbonyl (C=O) groups excluding carboxylic acids is 2. The number of ether oxygens (including phenoxy) is 1. The van der Waals surface area contributed by atoms with Crippen molar-refractivity contribution in [2.24, 2.45) is 0 Å². The van der Waals surface area contributed by atoms with Gasteiger partial charge in [-0.15, -0.1) is 11.8 Å². The van der Waals surface area contributed by atoms with Gasteiger partial charge in [-0.25, -0.2) is 12.7 Å². The highest BCUT2D eigenvalue weighted by atomic mass is 35.5. The largest absolute Gasteiger partial charge is 0.455 e. The highest BCUT2D eigenvalue weighted by molar-refractivity contribution is 8.00. The first-order valence-electron chi connectivity index (χ1n) is 8.05. The summed E-state index contributed by atoms with van der Waals surface area (Å²) in [6, 6.07) is 12.7. The molecule has 1 amide bonds. The van der Waals surface area contributed by atoms with Crippen LogP contribution in [0.1, 0.15) is 0 Å². The molecule has 0 spiro atoms. The predicted molar refractivity (Wildman–Crippen MR) is 109 cm³/mol. The zero-order valence-corrected chi connectivity index (χ0v) is 17.6. The molecular formula is C18H19ClN2O5S2. The molecule has 28 heavy (non-hydrogen) atoms. The fourth-order valence-corrected chi connectivity index (χ4v) is 3.70. The van der Waals surface area contributed by atoms with Crippen molar-refractivity contribution in [2.45, 2.75) is 9.79 Å². The Hall–Kier alpha value is -2.07. The summed E-state index contributed by atoms with van der Waals surface area (Å²) < 4.78 is 30.0. The smallest absolute Gasteiger partial charge is 0.316 e. The van der Waals surface area contributed by atoms with Crippen LogP contribution in [-0.2, 0) is 24.3 Å². The van der Waals surface area contributed by atoms with Gasteiger partial charge < -0.3 is 10.1 Å². The van der Waals surface area contributed by atoms with Gasteiger partial charge in [0.1, 0.15) is 0 Å². The molecule has 0 unspecified atom stereocenters. The second kappa shape index (κ2) is 9.92. The third-order valence-corrected chi connectivity index (χ3v) is 6.52. The summed E-state index contributed by atoms with van der Waals surface area (Å²) in [4.78, 5) is 24.6. The molecule has 2 aromatic carbocycles. The van der Waals surface area contributed by atoms with Gasteiger partial charge in [-0.1, -0.05) is 11.6 Å². The summed E-state index contributed by atoms with van der Waals surface area (Å²) in [6.07, 6.45) is 0. The minimum Gasteiger partial charge on any atom is -0.455 e. The third-order valence-electron chi connectivity index (χ3n) is 3.45. The molecule has 7 nitrogen and oxygen atoms in total. The quantitative estimate of drug-likeness (QED) is 0.499. The molecule has 10 heteroatoms. The maximum Gasteiger partial charge on any atom is 0.316 e. The molecule has 0 saturated carbocycles. The Morgan fingerprint density at radius 3 is 2.25 bits per heavy atom. The molecule has 150 valence electrons. The Balaban J connectivity index is 1.79. The van der Waals surface area contributed by atoms with Gasteiger partial charge in [-0.2, -0.15) is 0 Å². The van der Waals surface area contributed by atoms with Gasteiger partial charge in [0.25, 0.3) is 5.91 Å². The van der Waals surface area contributed by atoms with Crippen LogP contribution in [0.15, 0.2) is 58.3 Å². The van der Waals surface area contributed by atoms with Crippen LogP contribution >= 0.6 is 23.4 Å². The highest BCUT2D eigenvalue weighted by Gasteiger charge is 2.17. The summed E-state index contributed by atoms with van der Waals surface area (Å²) in [6.45, 7) is -0.433. The number of nitrogens with zero attached hydrogens (tertiary/aromatic N) is 1. The molecule has 0 aliphatic carbocycles. The van der Waals surface area contributed by atoms with E-state index in [2.05, 4.69) is 5.32 Å². The number of hydrogen-bond donors (Lipinski definition) is 1. The van der Waals surface area contributed by atoms with Crippen molar-refractivity contribution in [1.82, 2.24) is 4.31 Å². The van der Waals surface area contributed by atoms with Gasteiger partial charge in [0.2, 0.25) is 10.0 Å². The number of thioether (sulfide) groups is 1. The maximum absolute atomic E-state index is 12.0. The second-order valence-corrected chi connectivity index (χ2v) is 9.40. The zero-order chi connectivity index (χ0) is 20.7. The van der Waals surface area contributed by atoms with Crippen LogP contribution in [0.2, 0.25) is 5.02 Å². The normalized spacial score (nSPS) is 11.3. The zero-order valence-electron chi connectivity index (χ0n) is 15.2. The number of carbonyl (C=O) groups is 2. The van der Waals surface area contributed by atoms with E-state index in [0.717, 1.165) is 9.20 Å². The number of hydrogen-bond acceptors (Lipinski definition) is 6. The lowest BCUT2D eigenvalue weighted by Gasteiger charge is -2.12. The molecule has 0 heterocycles. The fraction of sp³-hybridized carbons (Fsp3) is 0.222. The molecule has 0 aliphatic rings. The van der Waals surface area contributed by atoms with Crippen molar-refractivity contribution in [2.75, 3.05) is 31.8 Å². The Kier molecular flexibility index (Phi) is 7.88. The average Bonchev–Trinajstić information content (AvgIpc) is 2.66. The van der Waals surface area contributed by atoms with Crippen LogP contribution < -0.4 is 5.32 Å². The van der Waals surface area contributed by atoms with Gasteiger partial charge in [-0.3, -0.25) is 9.59 Å². The SMILES string of the molecule is CN(C)S(=O)(=O)c1ccc(NC(=O)COC(=O)CSc2ccc(Cl)cc2)cc1. The summed E-state index contributed by atoms with van der Waals surface area (Å²) in [5.41, 5.74) is 0.397. The molecule has 0 fully saturated rings. The highest BCUT2D eigenvalue weighted by Crippen LogP contribution is 2.20. The van der Waals surface area contributed by atoms with Gasteiger partial charge >= 0.3 is 5.97 Å². The third kappa shape index (κ3) is 6.52. The van der Waals surface area contributed by atoms with Crippen LogP contribution in [0.5, 0.6) is 0 Å². The van der Waals surface area contributed by atoms with Gasteiger partial charge in [0, 0.05) is 29.7 Å². The first kappa shape index (κ1) is 22.2. The van der Waals surface area contributed by atoms with E-state index in [1.807, 2.05) is 0 Å². The molecule has 1 N–H and O–H groups in total. The van der Waals surface area contributed by atoms with E-state index in [9.17, 15) is 18.0 Å². The first-order chi connectivity index (χ1) is 13.2. The molecule has 0 aromatic heterocycles. The number of esters is 1. The van der Waals surface area contributed by atoms with Crippen LogP contribution in [0.25, 0.3) is 0 Å². The van der Waals surface area contributed by atoms with E-state index < -0.39 is 28.5 Å². The van der Waals surface area contributed by atoms with Crippen molar-refractivity contribution in [3.63, 3.8) is 0 Å². The van der Waals surface area contributed by atoms with Crippen LogP contribution in [-0.4, -0.2) is 51.1 Å². The van der Waals surface area contributed by atoms with Crippen molar-refractivity contribution in [3.8, 4) is 0 Å². The minimum absolute atomic E-state index is 0.0615. The summed E-state index contributed by atoms with van der Waals surface area (Å²) >= 11 is 7.07. The van der Waals surface area contributed by atoms with Crippen LogP contribution in [0.4, 0.5) is 5.69 Å². The fourth-order valence-electron chi connectivity index (χ4n) is 1.98. The number of anilines is 1. The predicted octanol–water partition coefficient (Wildman–Crippen LogP) is 2.86. The maximum atomic E-state index is 12.0. The Labute approximate surface area is 173 Å². The van der Waals surface area contributed by atoms with Gasteiger partial charge in [0.05, 0.1) is 10.6 Å². The summed E-state index contributed by atoms with van der Waals surface area (Å²) in [7, 11) is -0.663. The van der Waals surface area contributed by atoms with E-state index in [-0.39, 0.29) is 10.6 Å². The molecule has 2 rings (SSSR count). The number of benzene rings is 2. The molecule has 0 saturated heterocycles. The van der Waals surface area contributed by atoms with Crippen LogP contribution in [0.3, 0.4) is 0 Å². The van der Waals surface area contributed by atoms with Crippen molar-refractivity contribution >= 4 is 50.9 Å². The monoisotopic (exact) mass is 442 g/mol. The molecular weight excluding hydrogens is 424 g/mol. The van der Waals surface area contributed by atoms with E-state index in [4.69, 9.17) is 16.3 Å². The molecule has 0 aliphatic heterocycles. The van der Waals surface area contributed by atoms with E-state index in [1.165, 1.54) is 50.1 Å². The molecule has 0 bridgehead atoms. The van der Waals surface area contributed by atoms with E-state index in [0.29, 0.717) is 10.7 Å². The number of amides is 1. The van der Waals surface area contributed by atoms with Gasteiger partial charge in [-0.05, 0) is 48.5 Å². The van der Waals surface area contributed by atoms with Crippen molar-refractivity contribution < 1.29 is 22.7 Å². The number of halogens is 1. The summed E-state index contributed by atoms with van der Waals surface area (Å²) in [5.74, 6) is -0.984. The standard InChI is InChI=1S/C18H19ClN2O5S2/c1-21(2)28(24,25)16-9-5-14(6-10-16)20-17(22)11-26-18(23)12-27-15-7-3-13(19)4-8-15/h3-10H,11-12H2,1-2H3,(H,20,22). The Morgan fingerprint density at radius 2 is 1.68 bits per heavy atom. The molecule has 0 atom stereocenters. The van der Waals surface area contributed by atoms with E-state index >= 15 is 0 Å². The van der Waals surface area contributed by atoms with E-state index in [1.54, 1.807) is 24.3 Å². The number of nitrogens with one attached hydrogen (secondary N) is 1. The van der Waals surface area contributed by atoms with Gasteiger partial charge in [0.15, 0.2) is 6.61 Å². The van der Waals surface area contributed by atoms with Crippen molar-refractivity contribution in [3.05, 3.63) is 53.6 Å². The first-order valence-corrected chi connectivity index (χ1v) is 10.9. The molecule has 2 aromatic rings. The van der Waals surface area contributed by atoms with Crippen molar-refractivity contribution in [1.29, 1.82) is 0 Å². The van der Waals surface area contributed by atoms with Crippen LogP contribution in [0, 0.1) is 0 Å². The Bertz CT molecular complexity index is 929. The average molecular weight is 443 g/mol. The molecule has 0 radical (unpaired) electrons. The lowest BCUT2D eigenvalue weighted by atomic mass is 10.3. The number of rotatable bonds is 8. The number of sulfonamides is 1.